The lowest BCUT2D eigenvalue weighted by molar-refractivity contribution is 0.338. The Morgan fingerprint density at radius 2 is 1.65 bits per heavy atom. The Balaban J connectivity index is 1.41. The molecule has 0 aromatic heterocycles. The van der Waals surface area contributed by atoms with Gasteiger partial charge in [-0.25, -0.2) is 13.2 Å². The molecule has 4 rings (SSSR count). The molecule has 0 N–H and O–H groups in total. The minimum atomic E-state index is -0.795. The fourth-order valence-corrected chi connectivity index (χ4v) is 4.66. The van der Waals surface area contributed by atoms with E-state index in [-0.39, 0.29) is 23.2 Å². The predicted octanol–water partition coefficient (Wildman–Crippen LogP) is 8.80. The van der Waals surface area contributed by atoms with Crippen LogP contribution in [0.1, 0.15) is 55.2 Å². The highest BCUT2D eigenvalue weighted by Gasteiger charge is 2.25. The first kappa shape index (κ1) is 23.9. The summed E-state index contributed by atoms with van der Waals surface area (Å²) in [6.07, 6.45) is 8.79. The molecule has 1 nitrogen and oxygen atoms in total. The molecular formula is C30H29F3O. The first-order valence-corrected chi connectivity index (χ1v) is 11.8. The van der Waals surface area contributed by atoms with Crippen molar-refractivity contribution in [1.82, 2.24) is 0 Å². The number of rotatable bonds is 7. The van der Waals surface area contributed by atoms with Crippen LogP contribution in [0.3, 0.4) is 0 Å². The lowest BCUT2D eigenvalue weighted by Crippen LogP contribution is -2.13. The van der Waals surface area contributed by atoms with Crippen LogP contribution in [0.2, 0.25) is 0 Å². The van der Waals surface area contributed by atoms with Crippen LogP contribution in [0.15, 0.2) is 67.3 Å². The highest BCUT2D eigenvalue weighted by molar-refractivity contribution is 5.66. The van der Waals surface area contributed by atoms with Gasteiger partial charge in [0.25, 0.3) is 0 Å². The molecule has 0 aliphatic heterocycles. The number of hydrogen-bond donors (Lipinski definition) is 0. The average molecular weight is 463 g/mol. The van der Waals surface area contributed by atoms with Crippen LogP contribution in [0.5, 0.6) is 5.75 Å². The second-order valence-electron chi connectivity index (χ2n) is 8.74. The molecule has 3 aromatic rings. The second-order valence-corrected chi connectivity index (χ2v) is 8.74. The van der Waals surface area contributed by atoms with Gasteiger partial charge >= 0.3 is 0 Å². The molecule has 3 aromatic carbocycles. The van der Waals surface area contributed by atoms with Gasteiger partial charge in [-0.3, -0.25) is 0 Å². The van der Waals surface area contributed by atoms with Crippen LogP contribution in [-0.2, 0) is 0 Å². The first-order valence-electron chi connectivity index (χ1n) is 11.8. The van der Waals surface area contributed by atoms with E-state index < -0.39 is 11.6 Å². The average Bonchev–Trinajstić information content (AvgIpc) is 2.86. The summed E-state index contributed by atoms with van der Waals surface area (Å²) in [6.45, 7) is 6.07. The zero-order chi connectivity index (χ0) is 24.1. The van der Waals surface area contributed by atoms with E-state index in [0.29, 0.717) is 29.0 Å². The van der Waals surface area contributed by atoms with E-state index in [1.54, 1.807) is 42.5 Å². The third kappa shape index (κ3) is 5.27. The molecule has 0 atom stereocenters. The summed E-state index contributed by atoms with van der Waals surface area (Å²) in [6, 6.07) is 15.5. The van der Waals surface area contributed by atoms with E-state index in [9.17, 15) is 8.78 Å². The second kappa shape index (κ2) is 10.8. The fraction of sp³-hybridized carbons (Fsp3) is 0.267. The van der Waals surface area contributed by atoms with Gasteiger partial charge < -0.3 is 4.74 Å². The molecular weight excluding hydrogens is 433 g/mol. The number of halogens is 3. The van der Waals surface area contributed by atoms with Crippen molar-refractivity contribution in [1.29, 1.82) is 0 Å². The summed E-state index contributed by atoms with van der Waals surface area (Å²) in [7, 11) is 0. The van der Waals surface area contributed by atoms with Gasteiger partial charge in [0.2, 0.25) is 0 Å². The number of allylic oxidation sites excluding steroid dienone is 1. The van der Waals surface area contributed by atoms with Gasteiger partial charge in [0, 0.05) is 17.2 Å². The number of benzene rings is 3. The Labute approximate surface area is 199 Å². The minimum Gasteiger partial charge on any atom is -0.494 e. The zero-order valence-electron chi connectivity index (χ0n) is 19.4. The Bertz CT molecular complexity index is 1170. The summed E-state index contributed by atoms with van der Waals surface area (Å²) in [5, 5.41) is 0. The van der Waals surface area contributed by atoms with Crippen LogP contribution in [0, 0.1) is 23.4 Å². The molecule has 0 spiro atoms. The molecule has 0 heterocycles. The first-order chi connectivity index (χ1) is 16.5. The van der Waals surface area contributed by atoms with Crippen molar-refractivity contribution in [3.63, 3.8) is 0 Å². The van der Waals surface area contributed by atoms with Crippen molar-refractivity contribution >= 4 is 12.2 Å². The van der Waals surface area contributed by atoms with E-state index in [4.69, 9.17) is 4.74 Å². The summed E-state index contributed by atoms with van der Waals surface area (Å²) in [5.41, 5.74) is 2.81. The van der Waals surface area contributed by atoms with Gasteiger partial charge in [-0.2, -0.15) is 0 Å². The third-order valence-corrected chi connectivity index (χ3v) is 6.61. The maximum Gasteiger partial charge on any atom is 0.166 e. The van der Waals surface area contributed by atoms with Crippen molar-refractivity contribution in [2.75, 3.05) is 6.61 Å². The summed E-state index contributed by atoms with van der Waals surface area (Å²) in [4.78, 5) is 0. The van der Waals surface area contributed by atoms with E-state index in [2.05, 4.69) is 6.58 Å². The number of ether oxygens (including phenoxy) is 1. The largest absolute Gasteiger partial charge is 0.494 e. The maximum absolute atomic E-state index is 15.0. The summed E-state index contributed by atoms with van der Waals surface area (Å²) >= 11 is 0. The van der Waals surface area contributed by atoms with Crippen molar-refractivity contribution in [2.24, 2.45) is 5.92 Å². The maximum atomic E-state index is 15.0. The standard InChI is InChI=1S/C30H29F3O/c1-3-20-5-10-22(11-6-20)26-17-18-27(30(33)29(26)32)23-12-7-21(8-13-23)9-14-24-15-16-25(34-4-2)19-28(24)31/h3,5-6,9-11,14-19,21,23H,1,4,7-8,12-13H2,2H3/b14-9+. The van der Waals surface area contributed by atoms with E-state index in [1.165, 1.54) is 6.07 Å². The van der Waals surface area contributed by atoms with Crippen LogP contribution in [0.4, 0.5) is 13.2 Å². The van der Waals surface area contributed by atoms with E-state index in [0.717, 1.165) is 31.2 Å². The molecule has 176 valence electrons. The highest BCUT2D eigenvalue weighted by Crippen LogP contribution is 2.39. The molecule has 0 saturated heterocycles. The van der Waals surface area contributed by atoms with Gasteiger partial charge in [0.05, 0.1) is 6.61 Å². The molecule has 1 aliphatic rings. The molecule has 1 aliphatic carbocycles. The zero-order valence-corrected chi connectivity index (χ0v) is 19.4. The Hall–Kier alpha value is -3.27. The Morgan fingerprint density at radius 1 is 0.912 bits per heavy atom. The van der Waals surface area contributed by atoms with Crippen molar-refractivity contribution in [2.45, 2.75) is 38.5 Å². The minimum absolute atomic E-state index is 0.0152. The van der Waals surface area contributed by atoms with Crippen molar-refractivity contribution in [3.8, 4) is 16.9 Å². The lowest BCUT2D eigenvalue weighted by atomic mass is 9.78. The van der Waals surface area contributed by atoms with Crippen LogP contribution in [0.25, 0.3) is 23.3 Å². The molecule has 0 radical (unpaired) electrons. The lowest BCUT2D eigenvalue weighted by Gasteiger charge is -2.27. The Kier molecular flexibility index (Phi) is 7.56. The third-order valence-electron chi connectivity index (χ3n) is 6.61. The van der Waals surface area contributed by atoms with Gasteiger partial charge in [-0.15, -0.1) is 0 Å². The summed E-state index contributed by atoms with van der Waals surface area (Å²) < 4.78 is 49.6. The topological polar surface area (TPSA) is 9.23 Å². The van der Waals surface area contributed by atoms with Gasteiger partial charge in [0.15, 0.2) is 11.6 Å². The highest BCUT2D eigenvalue weighted by atomic mass is 19.2. The van der Waals surface area contributed by atoms with Gasteiger partial charge in [-0.1, -0.05) is 61.2 Å². The Morgan fingerprint density at radius 3 is 2.29 bits per heavy atom. The summed E-state index contributed by atoms with van der Waals surface area (Å²) in [5.74, 6) is -1.06. The molecule has 0 amide bonds. The van der Waals surface area contributed by atoms with E-state index in [1.807, 2.05) is 31.2 Å². The van der Waals surface area contributed by atoms with Gasteiger partial charge in [-0.05, 0) is 73.3 Å². The fourth-order valence-electron chi connectivity index (χ4n) is 4.66. The van der Waals surface area contributed by atoms with Crippen LogP contribution >= 0.6 is 0 Å². The predicted molar refractivity (Wildman–Crippen MR) is 133 cm³/mol. The molecule has 34 heavy (non-hydrogen) atoms. The SMILES string of the molecule is C=Cc1ccc(-c2ccc(C3CCC(/C=C/c4ccc(OCC)cc4F)CC3)c(F)c2F)cc1. The van der Waals surface area contributed by atoms with Crippen molar-refractivity contribution in [3.05, 3.63) is 101 Å². The van der Waals surface area contributed by atoms with Crippen LogP contribution in [-0.4, -0.2) is 6.61 Å². The molecule has 1 saturated carbocycles. The van der Waals surface area contributed by atoms with E-state index >= 15 is 4.39 Å². The smallest absolute Gasteiger partial charge is 0.166 e. The molecule has 0 bridgehead atoms. The normalized spacial score (nSPS) is 18.2. The molecule has 0 unspecified atom stereocenters. The monoisotopic (exact) mass is 462 g/mol. The molecule has 4 heteroatoms. The van der Waals surface area contributed by atoms with Gasteiger partial charge in [0.1, 0.15) is 11.6 Å². The van der Waals surface area contributed by atoms with Crippen molar-refractivity contribution < 1.29 is 17.9 Å². The molecule has 1 fully saturated rings. The quantitative estimate of drug-likeness (QED) is 0.341. The number of hydrogen-bond acceptors (Lipinski definition) is 1. The van der Waals surface area contributed by atoms with Crippen LogP contribution < -0.4 is 4.74 Å².